The monoisotopic (exact) mass is 450 g/mol. The molecule has 7 nitrogen and oxygen atoms in total. The first-order chi connectivity index (χ1) is 14.3. The van der Waals surface area contributed by atoms with E-state index in [-0.39, 0.29) is 10.8 Å². The van der Waals surface area contributed by atoms with Crippen LogP contribution in [-0.4, -0.2) is 49.8 Å². The maximum absolute atomic E-state index is 13.2. The first-order valence-electron chi connectivity index (χ1n) is 10.4. The number of hydrogen-bond acceptors (Lipinski definition) is 6. The number of aromatic nitrogens is 1. The smallest absolute Gasteiger partial charge is 0.259 e. The van der Waals surface area contributed by atoms with Gasteiger partial charge in [-0.1, -0.05) is 20.8 Å². The topological polar surface area (TPSA) is 82.6 Å². The van der Waals surface area contributed by atoms with E-state index in [0.717, 1.165) is 37.3 Å². The summed E-state index contributed by atoms with van der Waals surface area (Å²) in [6.45, 7) is 10.2. The number of piperidine rings is 1. The van der Waals surface area contributed by atoms with Crippen molar-refractivity contribution in [2.24, 2.45) is 5.92 Å². The number of nitrogens with zero attached hydrogens (tertiary/aromatic N) is 3. The van der Waals surface area contributed by atoms with Gasteiger partial charge >= 0.3 is 0 Å². The van der Waals surface area contributed by atoms with Gasteiger partial charge in [0, 0.05) is 37.2 Å². The van der Waals surface area contributed by atoms with E-state index in [1.54, 1.807) is 12.1 Å². The van der Waals surface area contributed by atoms with Crippen LogP contribution in [0.4, 0.5) is 10.8 Å². The lowest BCUT2D eigenvalue weighted by atomic mass is 9.98. The molecule has 0 aliphatic carbocycles. The zero-order valence-electron chi connectivity index (χ0n) is 18.0. The van der Waals surface area contributed by atoms with Crippen LogP contribution in [0.2, 0.25) is 0 Å². The summed E-state index contributed by atoms with van der Waals surface area (Å²) in [5.74, 6) is 0.314. The maximum Gasteiger partial charge on any atom is 0.259 e. The van der Waals surface area contributed by atoms with E-state index in [1.807, 2.05) is 26.2 Å². The lowest BCUT2D eigenvalue weighted by Gasteiger charge is -2.33. The van der Waals surface area contributed by atoms with Crippen LogP contribution in [0.5, 0.6) is 0 Å². The summed E-state index contributed by atoms with van der Waals surface area (Å²) in [5, 5.41) is 5.21. The predicted octanol–water partition coefficient (Wildman–Crippen LogP) is 3.97. The number of sulfonamides is 1. The fourth-order valence-corrected chi connectivity index (χ4v) is 5.84. The Balaban J connectivity index is 2.01. The number of amides is 1. The standard InChI is InChI=1S/C21H30N4O3S2/c1-5-25(6-2)30(27,28)17-7-8-19(24-11-9-15(3)10-12-24)18(13-17)20(26)23-21-22-16(4)14-29-21/h7-8,13-15H,5-6,9-12H2,1-4H3,(H,22,23,26). The Morgan fingerprint density at radius 3 is 2.50 bits per heavy atom. The van der Waals surface area contributed by atoms with E-state index >= 15 is 0 Å². The number of aryl methyl sites for hydroxylation is 1. The van der Waals surface area contributed by atoms with Crippen LogP contribution >= 0.6 is 11.3 Å². The van der Waals surface area contributed by atoms with Crippen LogP contribution in [0.25, 0.3) is 0 Å². The van der Waals surface area contributed by atoms with Crippen molar-refractivity contribution in [3.8, 4) is 0 Å². The molecule has 1 saturated heterocycles. The second kappa shape index (κ2) is 9.45. The molecule has 30 heavy (non-hydrogen) atoms. The van der Waals surface area contributed by atoms with Crippen LogP contribution in [0.3, 0.4) is 0 Å². The predicted molar refractivity (Wildman–Crippen MR) is 122 cm³/mol. The Morgan fingerprint density at radius 2 is 1.93 bits per heavy atom. The summed E-state index contributed by atoms with van der Waals surface area (Å²) in [7, 11) is -3.66. The molecule has 0 unspecified atom stereocenters. The lowest BCUT2D eigenvalue weighted by molar-refractivity contribution is 0.102. The van der Waals surface area contributed by atoms with Gasteiger partial charge in [0.1, 0.15) is 0 Å². The first kappa shape index (κ1) is 22.7. The van der Waals surface area contributed by atoms with Gasteiger partial charge in [-0.25, -0.2) is 13.4 Å². The number of hydrogen-bond donors (Lipinski definition) is 1. The lowest BCUT2D eigenvalue weighted by Crippen LogP contribution is -2.35. The van der Waals surface area contributed by atoms with E-state index in [2.05, 4.69) is 22.1 Å². The molecule has 1 N–H and O–H groups in total. The van der Waals surface area contributed by atoms with Crippen molar-refractivity contribution < 1.29 is 13.2 Å². The fourth-order valence-electron chi connectivity index (χ4n) is 3.67. The van der Waals surface area contributed by atoms with Crippen LogP contribution in [-0.2, 0) is 10.0 Å². The number of thiazole rings is 1. The Kier molecular flexibility index (Phi) is 7.15. The molecule has 2 aromatic rings. The molecule has 1 aromatic carbocycles. The average Bonchev–Trinajstić information content (AvgIpc) is 3.13. The van der Waals surface area contributed by atoms with Gasteiger partial charge in [0.2, 0.25) is 10.0 Å². The third kappa shape index (κ3) is 4.84. The van der Waals surface area contributed by atoms with Gasteiger partial charge < -0.3 is 4.90 Å². The summed E-state index contributed by atoms with van der Waals surface area (Å²) in [6.07, 6.45) is 2.10. The highest BCUT2D eigenvalue weighted by atomic mass is 32.2. The molecule has 1 fully saturated rings. The molecular weight excluding hydrogens is 420 g/mol. The molecule has 0 atom stereocenters. The Morgan fingerprint density at radius 1 is 1.27 bits per heavy atom. The molecule has 1 aromatic heterocycles. The molecule has 2 heterocycles. The molecule has 9 heteroatoms. The van der Waals surface area contributed by atoms with E-state index < -0.39 is 10.0 Å². The van der Waals surface area contributed by atoms with E-state index in [0.29, 0.717) is 29.7 Å². The van der Waals surface area contributed by atoms with Crippen LogP contribution in [0.15, 0.2) is 28.5 Å². The highest BCUT2D eigenvalue weighted by Crippen LogP contribution is 2.30. The third-order valence-corrected chi connectivity index (χ3v) is 8.44. The minimum Gasteiger partial charge on any atom is -0.371 e. The van der Waals surface area contributed by atoms with Crippen molar-refractivity contribution >= 4 is 38.1 Å². The summed E-state index contributed by atoms with van der Waals surface area (Å²) in [4.78, 5) is 19.8. The number of anilines is 2. The molecule has 0 spiro atoms. The third-order valence-electron chi connectivity index (χ3n) is 5.52. The Bertz CT molecular complexity index is 991. The van der Waals surface area contributed by atoms with Crippen LogP contribution in [0, 0.1) is 12.8 Å². The van der Waals surface area contributed by atoms with Crippen molar-refractivity contribution in [1.29, 1.82) is 0 Å². The van der Waals surface area contributed by atoms with Gasteiger partial charge in [-0.2, -0.15) is 4.31 Å². The zero-order chi connectivity index (χ0) is 21.9. The summed E-state index contributed by atoms with van der Waals surface area (Å²) >= 11 is 1.35. The molecule has 0 radical (unpaired) electrons. The number of carbonyl (C=O) groups excluding carboxylic acids is 1. The van der Waals surface area contributed by atoms with Gasteiger partial charge in [-0.15, -0.1) is 11.3 Å². The number of carbonyl (C=O) groups is 1. The highest BCUT2D eigenvalue weighted by molar-refractivity contribution is 7.89. The molecule has 1 amide bonds. The second-order valence-corrected chi connectivity index (χ2v) is 10.5. The minimum atomic E-state index is -3.66. The summed E-state index contributed by atoms with van der Waals surface area (Å²) in [5.41, 5.74) is 1.97. The maximum atomic E-state index is 13.2. The largest absolute Gasteiger partial charge is 0.371 e. The molecule has 164 valence electrons. The summed E-state index contributed by atoms with van der Waals surface area (Å²) in [6, 6.07) is 4.90. The molecule has 1 aliphatic heterocycles. The van der Waals surface area contributed by atoms with Gasteiger partial charge in [0.05, 0.1) is 16.2 Å². The first-order valence-corrected chi connectivity index (χ1v) is 12.7. The zero-order valence-corrected chi connectivity index (χ0v) is 19.6. The quantitative estimate of drug-likeness (QED) is 0.690. The minimum absolute atomic E-state index is 0.140. The molecule has 3 rings (SSSR count). The molecule has 0 bridgehead atoms. The number of nitrogens with one attached hydrogen (secondary N) is 1. The molecule has 1 aliphatic rings. The van der Waals surface area contributed by atoms with Crippen molar-refractivity contribution in [1.82, 2.24) is 9.29 Å². The van der Waals surface area contributed by atoms with E-state index in [9.17, 15) is 13.2 Å². The SMILES string of the molecule is CCN(CC)S(=O)(=O)c1ccc(N2CCC(C)CC2)c(C(=O)Nc2nc(C)cs2)c1. The fraction of sp³-hybridized carbons (Fsp3) is 0.524. The number of benzene rings is 1. The van der Waals surface area contributed by atoms with E-state index in [4.69, 9.17) is 0 Å². The average molecular weight is 451 g/mol. The normalized spacial score (nSPS) is 15.6. The Hall–Kier alpha value is -1.97. The second-order valence-electron chi connectivity index (χ2n) is 7.69. The van der Waals surface area contributed by atoms with Gasteiger partial charge in [0.25, 0.3) is 5.91 Å². The van der Waals surface area contributed by atoms with Gasteiger partial charge in [-0.3, -0.25) is 10.1 Å². The highest BCUT2D eigenvalue weighted by Gasteiger charge is 2.27. The van der Waals surface area contributed by atoms with Gasteiger partial charge in [0.15, 0.2) is 5.13 Å². The van der Waals surface area contributed by atoms with Crippen LogP contribution < -0.4 is 10.2 Å². The van der Waals surface area contributed by atoms with E-state index in [1.165, 1.54) is 21.7 Å². The van der Waals surface area contributed by atoms with Crippen molar-refractivity contribution in [2.45, 2.75) is 45.4 Å². The molecule has 0 saturated carbocycles. The van der Waals surface area contributed by atoms with Crippen LogP contribution in [0.1, 0.15) is 49.7 Å². The van der Waals surface area contributed by atoms with Crippen molar-refractivity contribution in [3.63, 3.8) is 0 Å². The van der Waals surface area contributed by atoms with Crippen molar-refractivity contribution in [3.05, 3.63) is 34.8 Å². The van der Waals surface area contributed by atoms with Gasteiger partial charge in [-0.05, 0) is 43.9 Å². The Labute approximate surface area is 183 Å². The molecular formula is C21H30N4O3S2. The van der Waals surface area contributed by atoms with Crippen molar-refractivity contribution in [2.75, 3.05) is 36.4 Å². The summed E-state index contributed by atoms with van der Waals surface area (Å²) < 4.78 is 27.5. The number of rotatable bonds is 7.